The fourth-order valence-electron chi connectivity index (χ4n) is 3.09. The molecule has 4 nitrogen and oxygen atoms in total. The van der Waals surface area contributed by atoms with Gasteiger partial charge in [-0.05, 0) is 30.4 Å². The Balaban J connectivity index is 1.97. The number of fused-ring (bicyclic) bond motifs is 1. The number of ketones is 1. The topological polar surface area (TPSA) is 80.4 Å². The van der Waals surface area contributed by atoms with Gasteiger partial charge >= 0.3 is 5.97 Å². The predicted octanol–water partition coefficient (Wildman–Crippen LogP) is 3.06. The van der Waals surface area contributed by atoms with Crippen LogP contribution in [0.2, 0.25) is 0 Å². The van der Waals surface area contributed by atoms with Gasteiger partial charge in [0.05, 0.1) is 10.8 Å². The highest BCUT2D eigenvalue weighted by Gasteiger charge is 2.47. The quantitative estimate of drug-likeness (QED) is 0.854. The van der Waals surface area contributed by atoms with Gasteiger partial charge in [-0.2, -0.15) is 0 Å². The molecule has 1 aliphatic rings. The smallest absolute Gasteiger partial charge is 0.324 e. The highest BCUT2D eigenvalue weighted by molar-refractivity contribution is 7.20. The summed E-state index contributed by atoms with van der Waals surface area (Å²) in [5.41, 5.74) is 4.64. The molecule has 1 fully saturated rings. The lowest BCUT2D eigenvalue weighted by atomic mass is 9.71. The van der Waals surface area contributed by atoms with Gasteiger partial charge in [-0.15, -0.1) is 11.3 Å². The molecule has 0 radical (unpaired) electrons. The van der Waals surface area contributed by atoms with Gasteiger partial charge in [0.1, 0.15) is 5.54 Å². The zero-order valence-electron chi connectivity index (χ0n) is 11.5. The van der Waals surface area contributed by atoms with Crippen molar-refractivity contribution >= 4 is 33.2 Å². The number of carboxylic acid groups (broad SMARTS) is 1. The van der Waals surface area contributed by atoms with Gasteiger partial charge in [0.15, 0.2) is 5.78 Å². The summed E-state index contributed by atoms with van der Waals surface area (Å²) in [6.07, 6.45) is 2.53. The van der Waals surface area contributed by atoms with Crippen molar-refractivity contribution in [1.82, 2.24) is 0 Å². The molecular weight excluding hydrogens is 286 g/mol. The van der Waals surface area contributed by atoms with Gasteiger partial charge in [-0.25, -0.2) is 0 Å². The van der Waals surface area contributed by atoms with Crippen molar-refractivity contribution < 1.29 is 14.7 Å². The Morgan fingerprint density at radius 3 is 2.76 bits per heavy atom. The molecule has 0 spiro atoms. The average molecular weight is 303 g/mol. The second-order valence-electron chi connectivity index (χ2n) is 5.66. The van der Waals surface area contributed by atoms with Crippen LogP contribution >= 0.6 is 11.3 Å². The standard InChI is InChI=1S/C16H17NO3S/c17-16(15(19)20)8-4-3-6-11(16)14(18)13-9-10-5-1-2-7-12(10)21-13/h1-2,5,7,9,11H,3-4,6,8,17H2,(H,19,20). The molecule has 3 rings (SSSR count). The molecule has 5 heteroatoms. The third-order valence-corrected chi connectivity index (χ3v) is 5.47. The Bertz CT molecular complexity index is 675. The largest absolute Gasteiger partial charge is 0.480 e. The van der Waals surface area contributed by atoms with E-state index in [1.807, 2.05) is 30.3 Å². The van der Waals surface area contributed by atoms with Crippen LogP contribution in [-0.2, 0) is 4.79 Å². The summed E-state index contributed by atoms with van der Waals surface area (Å²) in [4.78, 5) is 24.9. The zero-order valence-corrected chi connectivity index (χ0v) is 12.4. The van der Waals surface area contributed by atoms with Crippen molar-refractivity contribution in [1.29, 1.82) is 0 Å². The maximum absolute atomic E-state index is 12.8. The number of thiophene rings is 1. The number of hydrogen-bond donors (Lipinski definition) is 2. The Morgan fingerprint density at radius 2 is 2.05 bits per heavy atom. The lowest BCUT2D eigenvalue weighted by molar-refractivity contribution is -0.146. The van der Waals surface area contributed by atoms with Crippen molar-refractivity contribution in [2.24, 2.45) is 11.7 Å². The maximum Gasteiger partial charge on any atom is 0.324 e. The molecule has 2 aromatic rings. The maximum atomic E-state index is 12.8. The number of nitrogens with two attached hydrogens (primary N) is 1. The summed E-state index contributed by atoms with van der Waals surface area (Å²) in [5.74, 6) is -1.82. The molecule has 2 unspecified atom stereocenters. The summed E-state index contributed by atoms with van der Waals surface area (Å²) >= 11 is 1.41. The number of carboxylic acids is 1. The normalized spacial score (nSPS) is 25.9. The number of rotatable bonds is 3. The molecule has 3 N–H and O–H groups in total. The van der Waals surface area contributed by atoms with Crippen molar-refractivity contribution in [2.45, 2.75) is 31.2 Å². The van der Waals surface area contributed by atoms with E-state index in [0.717, 1.165) is 22.9 Å². The monoisotopic (exact) mass is 303 g/mol. The van der Waals surface area contributed by atoms with Crippen LogP contribution in [-0.4, -0.2) is 22.4 Å². The van der Waals surface area contributed by atoms with E-state index >= 15 is 0 Å². The molecule has 110 valence electrons. The Morgan fingerprint density at radius 1 is 1.29 bits per heavy atom. The summed E-state index contributed by atoms with van der Waals surface area (Å²) in [6.45, 7) is 0. The van der Waals surface area contributed by atoms with Crippen LogP contribution < -0.4 is 5.73 Å². The molecule has 0 saturated heterocycles. The van der Waals surface area contributed by atoms with Gasteiger partial charge in [-0.1, -0.05) is 31.0 Å². The lowest BCUT2D eigenvalue weighted by Crippen LogP contribution is -2.58. The van der Waals surface area contributed by atoms with Crippen LogP contribution in [0.5, 0.6) is 0 Å². The van der Waals surface area contributed by atoms with E-state index in [0.29, 0.717) is 17.7 Å². The fraction of sp³-hybridized carbons (Fsp3) is 0.375. The van der Waals surface area contributed by atoms with Gasteiger partial charge in [0, 0.05) is 4.70 Å². The number of carbonyl (C=O) groups excluding carboxylic acids is 1. The van der Waals surface area contributed by atoms with Crippen LogP contribution in [0.3, 0.4) is 0 Å². The van der Waals surface area contributed by atoms with Crippen molar-refractivity contribution in [3.05, 3.63) is 35.2 Å². The minimum atomic E-state index is -1.43. The summed E-state index contributed by atoms with van der Waals surface area (Å²) < 4.78 is 1.04. The van der Waals surface area contributed by atoms with Crippen LogP contribution in [0.15, 0.2) is 30.3 Å². The van der Waals surface area contributed by atoms with E-state index in [-0.39, 0.29) is 5.78 Å². The molecule has 1 saturated carbocycles. The first-order valence-electron chi connectivity index (χ1n) is 7.07. The van der Waals surface area contributed by atoms with E-state index in [2.05, 4.69) is 0 Å². The van der Waals surface area contributed by atoms with Crippen LogP contribution in [0, 0.1) is 5.92 Å². The predicted molar refractivity (Wildman–Crippen MR) is 82.7 cm³/mol. The summed E-state index contributed by atoms with van der Waals surface area (Å²) in [6, 6.07) is 9.62. The van der Waals surface area contributed by atoms with E-state index in [1.165, 1.54) is 11.3 Å². The van der Waals surface area contributed by atoms with E-state index in [4.69, 9.17) is 5.73 Å². The van der Waals surface area contributed by atoms with Crippen molar-refractivity contribution in [3.8, 4) is 0 Å². The Hall–Kier alpha value is -1.72. The van der Waals surface area contributed by atoms with E-state index < -0.39 is 17.4 Å². The Labute approximate surface area is 126 Å². The summed E-state index contributed by atoms with van der Waals surface area (Å²) in [5, 5.41) is 10.4. The van der Waals surface area contributed by atoms with E-state index in [9.17, 15) is 14.7 Å². The second kappa shape index (κ2) is 5.24. The molecule has 1 heterocycles. The van der Waals surface area contributed by atoms with Crippen molar-refractivity contribution in [2.75, 3.05) is 0 Å². The number of Topliss-reactive ketones (excluding diaryl/α,β-unsaturated/α-hetero) is 1. The van der Waals surface area contributed by atoms with Gasteiger partial charge < -0.3 is 10.8 Å². The SMILES string of the molecule is NC1(C(=O)O)CCCCC1C(=O)c1cc2ccccc2s1. The van der Waals surface area contributed by atoms with Crippen LogP contribution in [0.1, 0.15) is 35.4 Å². The highest BCUT2D eigenvalue weighted by atomic mass is 32.1. The third kappa shape index (κ3) is 2.36. The number of benzene rings is 1. The molecule has 0 bridgehead atoms. The third-order valence-electron chi connectivity index (χ3n) is 4.34. The molecule has 1 aromatic heterocycles. The molecule has 0 amide bonds. The average Bonchev–Trinajstić information content (AvgIpc) is 2.91. The van der Waals surface area contributed by atoms with Gasteiger partial charge in [0.2, 0.25) is 0 Å². The number of aliphatic carboxylic acids is 1. The first-order valence-corrected chi connectivity index (χ1v) is 7.89. The number of hydrogen-bond acceptors (Lipinski definition) is 4. The lowest BCUT2D eigenvalue weighted by Gasteiger charge is -2.36. The molecule has 1 aromatic carbocycles. The minimum absolute atomic E-state index is 0.124. The zero-order chi connectivity index (χ0) is 15.0. The highest BCUT2D eigenvalue weighted by Crippen LogP contribution is 2.37. The molecule has 21 heavy (non-hydrogen) atoms. The van der Waals surface area contributed by atoms with Crippen LogP contribution in [0.4, 0.5) is 0 Å². The van der Waals surface area contributed by atoms with Gasteiger partial charge in [-0.3, -0.25) is 9.59 Å². The first-order chi connectivity index (χ1) is 10.0. The molecule has 1 aliphatic carbocycles. The fourth-order valence-corrected chi connectivity index (χ4v) is 4.15. The van der Waals surface area contributed by atoms with Gasteiger partial charge in [0.25, 0.3) is 0 Å². The Kier molecular flexibility index (Phi) is 3.55. The molecule has 2 atom stereocenters. The second-order valence-corrected chi connectivity index (χ2v) is 6.74. The van der Waals surface area contributed by atoms with E-state index in [1.54, 1.807) is 0 Å². The summed E-state index contributed by atoms with van der Waals surface area (Å²) in [7, 11) is 0. The van der Waals surface area contributed by atoms with Crippen LogP contribution in [0.25, 0.3) is 10.1 Å². The first kappa shape index (κ1) is 14.2. The number of carbonyl (C=O) groups is 2. The minimum Gasteiger partial charge on any atom is -0.480 e. The molecule has 0 aliphatic heterocycles. The molecular formula is C16H17NO3S. The van der Waals surface area contributed by atoms with Crippen molar-refractivity contribution in [3.63, 3.8) is 0 Å².